The van der Waals surface area contributed by atoms with Gasteiger partial charge in [-0.05, 0) is 92.7 Å². The Morgan fingerprint density at radius 3 is 1.88 bits per heavy atom. The molecule has 0 aliphatic heterocycles. The number of ether oxygens (including phenoxy) is 3. The summed E-state index contributed by atoms with van der Waals surface area (Å²) in [5.41, 5.74) is 5.10. The van der Waals surface area contributed by atoms with E-state index in [2.05, 4.69) is 10.3 Å². The molecule has 9 nitrogen and oxygen atoms in total. The van der Waals surface area contributed by atoms with E-state index < -0.39 is 18.0 Å². The number of pyridine rings is 1. The number of methoxy groups -OCH3 is 2. The van der Waals surface area contributed by atoms with Gasteiger partial charge in [0.25, 0.3) is 5.91 Å². The van der Waals surface area contributed by atoms with E-state index in [1.807, 2.05) is 61.5 Å². The van der Waals surface area contributed by atoms with Gasteiger partial charge in [0.2, 0.25) is 0 Å². The van der Waals surface area contributed by atoms with E-state index in [-0.39, 0.29) is 5.56 Å². The summed E-state index contributed by atoms with van der Waals surface area (Å²) in [6.07, 6.45) is -1.04. The first kappa shape index (κ1) is 27.3. The number of hydrogen-bond donors (Lipinski definition) is 1. The van der Waals surface area contributed by atoms with Crippen LogP contribution in [0.3, 0.4) is 0 Å². The number of nitrogens with zero attached hydrogens (tertiary/aromatic N) is 3. The lowest BCUT2D eigenvalue weighted by Gasteiger charge is -2.14. The van der Waals surface area contributed by atoms with Gasteiger partial charge in [0, 0.05) is 16.8 Å². The fourth-order valence-corrected chi connectivity index (χ4v) is 4.20. The maximum atomic E-state index is 13.0. The number of carbonyl (C=O) groups excluding carboxylic acids is 2. The molecule has 3 aromatic carbocycles. The van der Waals surface area contributed by atoms with Crippen LogP contribution < -0.4 is 14.8 Å². The molecule has 0 fully saturated rings. The quantitative estimate of drug-likeness (QED) is 0.240. The van der Waals surface area contributed by atoms with Crippen molar-refractivity contribution in [1.82, 2.24) is 15.0 Å². The minimum Gasteiger partial charge on any atom is -0.497 e. The normalized spacial score (nSPS) is 11.5. The molecule has 5 aromatic rings. The summed E-state index contributed by atoms with van der Waals surface area (Å²) in [6, 6.07) is 25.3. The maximum absolute atomic E-state index is 13.0. The third-order valence-electron chi connectivity index (χ3n) is 6.42. The number of aryl methyl sites for hydroxylation is 1. The molecule has 0 aliphatic rings. The molecule has 2 heterocycles. The molecule has 0 bridgehead atoms. The number of amides is 1. The largest absolute Gasteiger partial charge is 0.497 e. The van der Waals surface area contributed by atoms with Gasteiger partial charge in [-0.1, -0.05) is 6.07 Å². The van der Waals surface area contributed by atoms with Crippen LogP contribution in [0.2, 0.25) is 0 Å². The molecule has 206 valence electrons. The number of hydrogen-bond acceptors (Lipinski definition) is 8. The van der Waals surface area contributed by atoms with Gasteiger partial charge in [-0.15, -0.1) is 0 Å². The summed E-state index contributed by atoms with van der Waals surface area (Å²) in [4.78, 5) is 39.7. The third kappa shape index (κ3) is 6.14. The molecule has 1 amide bonds. The van der Waals surface area contributed by atoms with E-state index in [9.17, 15) is 9.59 Å². The van der Waals surface area contributed by atoms with Crippen LogP contribution in [-0.2, 0) is 9.53 Å². The fourth-order valence-electron chi connectivity index (χ4n) is 4.20. The van der Waals surface area contributed by atoms with E-state index in [1.165, 1.54) is 6.92 Å². The van der Waals surface area contributed by atoms with E-state index in [0.717, 1.165) is 28.3 Å². The van der Waals surface area contributed by atoms with Crippen molar-refractivity contribution in [2.45, 2.75) is 20.0 Å². The minimum atomic E-state index is -1.04. The lowest BCUT2D eigenvalue weighted by atomic mass is 10.0. The van der Waals surface area contributed by atoms with Crippen LogP contribution in [0.15, 0.2) is 84.9 Å². The van der Waals surface area contributed by atoms with Crippen molar-refractivity contribution in [2.24, 2.45) is 0 Å². The van der Waals surface area contributed by atoms with Gasteiger partial charge < -0.3 is 19.5 Å². The first-order chi connectivity index (χ1) is 19.8. The van der Waals surface area contributed by atoms with Crippen LogP contribution in [0.4, 0.5) is 5.82 Å². The van der Waals surface area contributed by atoms with Crippen LogP contribution in [0.5, 0.6) is 11.5 Å². The predicted molar refractivity (Wildman–Crippen MR) is 156 cm³/mol. The molecular weight excluding hydrogens is 520 g/mol. The summed E-state index contributed by atoms with van der Waals surface area (Å²) in [7, 11) is 3.23. The average molecular weight is 549 g/mol. The maximum Gasteiger partial charge on any atom is 0.338 e. The van der Waals surface area contributed by atoms with Gasteiger partial charge in [-0.25, -0.2) is 19.7 Å². The number of benzene rings is 3. The zero-order valence-corrected chi connectivity index (χ0v) is 23.0. The van der Waals surface area contributed by atoms with Crippen molar-refractivity contribution in [1.29, 1.82) is 0 Å². The zero-order chi connectivity index (χ0) is 28.9. The second kappa shape index (κ2) is 11.8. The standard InChI is InChI=1S/C32H28N4O5/c1-19-6-5-7-28(33-19)36-31(37)20(2)41-32(38)23-12-17-26-27(18-23)35-30(22-10-15-25(40-4)16-11-22)29(34-26)21-8-13-24(39-3)14-9-21/h5-18,20H,1-4H3,(H,33,36,37). The molecule has 0 aliphatic carbocycles. The van der Waals surface area contributed by atoms with Gasteiger partial charge in [-0.2, -0.15) is 0 Å². The highest BCUT2D eigenvalue weighted by Gasteiger charge is 2.21. The van der Waals surface area contributed by atoms with Gasteiger partial charge in [0.15, 0.2) is 6.10 Å². The van der Waals surface area contributed by atoms with Crippen molar-refractivity contribution >= 4 is 28.7 Å². The molecule has 0 spiro atoms. The van der Waals surface area contributed by atoms with Crippen LogP contribution in [0.25, 0.3) is 33.5 Å². The van der Waals surface area contributed by atoms with Crippen LogP contribution in [0.1, 0.15) is 23.0 Å². The first-order valence-corrected chi connectivity index (χ1v) is 12.9. The summed E-state index contributed by atoms with van der Waals surface area (Å²) < 4.78 is 16.1. The highest BCUT2D eigenvalue weighted by Crippen LogP contribution is 2.33. The SMILES string of the molecule is COc1ccc(-c2nc3ccc(C(=O)OC(C)C(=O)Nc4cccc(C)n4)cc3nc2-c2ccc(OC)cc2)cc1. The summed E-state index contributed by atoms with van der Waals surface area (Å²) in [5, 5.41) is 2.67. The molecule has 0 saturated carbocycles. The second-order valence-electron chi connectivity index (χ2n) is 9.28. The summed E-state index contributed by atoms with van der Waals surface area (Å²) in [5.74, 6) is 0.698. The van der Waals surface area contributed by atoms with Gasteiger partial charge in [0.05, 0.1) is 42.2 Å². The Labute approximate surface area is 237 Å². The second-order valence-corrected chi connectivity index (χ2v) is 9.28. The number of rotatable bonds is 8. The van der Waals surface area contributed by atoms with Crippen LogP contribution in [-0.4, -0.2) is 47.2 Å². The van der Waals surface area contributed by atoms with Gasteiger partial charge in [0.1, 0.15) is 17.3 Å². The van der Waals surface area contributed by atoms with E-state index in [0.29, 0.717) is 28.2 Å². The molecule has 1 N–H and O–H groups in total. The Morgan fingerprint density at radius 2 is 1.32 bits per heavy atom. The molecule has 2 aromatic heterocycles. The van der Waals surface area contributed by atoms with Gasteiger partial charge >= 0.3 is 5.97 Å². The summed E-state index contributed by atoms with van der Waals surface area (Å²) in [6.45, 7) is 3.33. The van der Waals surface area contributed by atoms with Crippen molar-refractivity contribution < 1.29 is 23.8 Å². The molecule has 0 radical (unpaired) electrons. The van der Waals surface area contributed by atoms with Crippen molar-refractivity contribution in [2.75, 3.05) is 19.5 Å². The Morgan fingerprint density at radius 1 is 0.732 bits per heavy atom. The minimum absolute atomic E-state index is 0.248. The number of nitrogens with one attached hydrogen (secondary N) is 1. The zero-order valence-electron chi connectivity index (χ0n) is 23.0. The monoisotopic (exact) mass is 548 g/mol. The van der Waals surface area contributed by atoms with E-state index >= 15 is 0 Å². The highest BCUT2D eigenvalue weighted by molar-refractivity contribution is 5.98. The van der Waals surface area contributed by atoms with Crippen molar-refractivity contribution in [3.05, 3.63) is 96.2 Å². The Balaban J connectivity index is 1.46. The molecule has 1 atom stereocenters. The topological polar surface area (TPSA) is 113 Å². The molecular formula is C32H28N4O5. The number of esters is 1. The van der Waals surface area contributed by atoms with Crippen molar-refractivity contribution in [3.8, 4) is 34.0 Å². The molecule has 41 heavy (non-hydrogen) atoms. The molecule has 9 heteroatoms. The predicted octanol–water partition coefficient (Wildman–Crippen LogP) is 5.87. The molecule has 1 unspecified atom stereocenters. The fraction of sp³-hybridized carbons (Fsp3) is 0.156. The molecule has 0 saturated heterocycles. The Bertz CT molecular complexity index is 1720. The number of fused-ring (bicyclic) bond motifs is 1. The van der Waals surface area contributed by atoms with Crippen LogP contribution >= 0.6 is 0 Å². The third-order valence-corrected chi connectivity index (χ3v) is 6.42. The first-order valence-electron chi connectivity index (χ1n) is 12.9. The van der Waals surface area contributed by atoms with Crippen molar-refractivity contribution in [3.63, 3.8) is 0 Å². The molecule has 5 rings (SSSR count). The number of anilines is 1. The lowest BCUT2D eigenvalue weighted by molar-refractivity contribution is -0.123. The summed E-state index contributed by atoms with van der Waals surface area (Å²) >= 11 is 0. The van der Waals surface area contributed by atoms with E-state index in [1.54, 1.807) is 44.6 Å². The van der Waals surface area contributed by atoms with Gasteiger partial charge in [-0.3, -0.25) is 4.79 Å². The smallest absolute Gasteiger partial charge is 0.338 e. The Hall–Kier alpha value is -5.31. The highest BCUT2D eigenvalue weighted by atomic mass is 16.5. The van der Waals surface area contributed by atoms with Crippen LogP contribution in [0, 0.1) is 6.92 Å². The number of aromatic nitrogens is 3. The van der Waals surface area contributed by atoms with E-state index in [4.69, 9.17) is 24.2 Å². The lowest BCUT2D eigenvalue weighted by Crippen LogP contribution is -2.30. The average Bonchev–Trinajstić information content (AvgIpc) is 3.00. The Kier molecular flexibility index (Phi) is 7.87. The number of carbonyl (C=O) groups is 2.